The molecule has 0 spiro atoms. The van der Waals surface area contributed by atoms with Crippen LogP contribution in [0.2, 0.25) is 0 Å². The van der Waals surface area contributed by atoms with Crippen LogP contribution in [0.5, 0.6) is 5.75 Å². The van der Waals surface area contributed by atoms with Crippen molar-refractivity contribution < 1.29 is 4.74 Å². The van der Waals surface area contributed by atoms with Gasteiger partial charge in [-0.3, -0.25) is 0 Å². The van der Waals surface area contributed by atoms with E-state index in [4.69, 9.17) is 4.74 Å². The number of anilines is 1. The molecule has 2 nitrogen and oxygen atoms in total. The van der Waals surface area contributed by atoms with Gasteiger partial charge in [0, 0.05) is 23.0 Å². The lowest BCUT2D eigenvalue weighted by molar-refractivity contribution is 0.431. The number of hydrogen-bond acceptors (Lipinski definition) is 2. The zero-order valence-corrected chi connectivity index (χ0v) is 22.7. The fourth-order valence-corrected chi connectivity index (χ4v) is 7.30. The van der Waals surface area contributed by atoms with Crippen LogP contribution >= 0.6 is 0 Å². The van der Waals surface area contributed by atoms with E-state index in [1.165, 1.54) is 55.8 Å². The van der Waals surface area contributed by atoms with Crippen LogP contribution in [0.3, 0.4) is 0 Å². The molecule has 4 aliphatic carbocycles. The summed E-state index contributed by atoms with van der Waals surface area (Å²) in [5.41, 5.74) is 13.5. The molecule has 0 fully saturated rings. The Morgan fingerprint density at radius 3 is 2.77 bits per heavy atom. The minimum atomic E-state index is 0.248. The molecule has 0 radical (unpaired) electrons. The number of hydrogen-bond donors (Lipinski definition) is 0. The van der Waals surface area contributed by atoms with Crippen LogP contribution in [0.25, 0.3) is 5.57 Å². The predicted molar refractivity (Wildman–Crippen MR) is 163 cm³/mol. The minimum absolute atomic E-state index is 0.248. The summed E-state index contributed by atoms with van der Waals surface area (Å²) in [5, 5.41) is 0. The Kier molecular flexibility index (Phi) is 5.17. The molecule has 2 atom stereocenters. The molecule has 0 saturated heterocycles. The van der Waals surface area contributed by atoms with Crippen molar-refractivity contribution in [2.24, 2.45) is 11.8 Å². The van der Waals surface area contributed by atoms with Crippen molar-refractivity contribution in [3.63, 3.8) is 0 Å². The summed E-state index contributed by atoms with van der Waals surface area (Å²) in [6.07, 6.45) is 24.9. The first-order valence-electron chi connectivity index (χ1n) is 14.4. The molecular formula is C36H32BNO. The van der Waals surface area contributed by atoms with Gasteiger partial charge in [-0.2, -0.15) is 0 Å². The number of nitrogens with zero attached hydrogens (tertiary/aromatic N) is 1. The molecule has 2 aromatic rings. The third kappa shape index (κ3) is 3.56. The van der Waals surface area contributed by atoms with Crippen LogP contribution in [0.15, 0.2) is 131 Å². The van der Waals surface area contributed by atoms with Gasteiger partial charge in [0.05, 0.1) is 0 Å². The average Bonchev–Trinajstić information content (AvgIpc) is 2.97. The van der Waals surface area contributed by atoms with E-state index in [-0.39, 0.29) is 6.71 Å². The standard InChI is InChI=1S/C36H32BNO/c1-23-13-17-27(18-14-23)38-32-20-15-24(2)21-31(32)37-30-19-16-26(29-10-5-8-25-7-3-4-9-28(25)29)22-35(30)39-34-12-6-11-33(38)36(34)37/h3-5,7,9-10,12-20,22,24-25H,6,8,11,21H2,1-2H3. The van der Waals surface area contributed by atoms with E-state index in [9.17, 15) is 0 Å². The molecule has 39 heavy (non-hydrogen) atoms. The third-order valence-electron chi connectivity index (χ3n) is 9.15. The van der Waals surface area contributed by atoms with E-state index in [0.717, 1.165) is 37.2 Å². The first kappa shape index (κ1) is 23.0. The van der Waals surface area contributed by atoms with E-state index in [1.54, 1.807) is 0 Å². The second-order valence-electron chi connectivity index (χ2n) is 11.7. The highest BCUT2D eigenvalue weighted by Crippen LogP contribution is 2.47. The monoisotopic (exact) mass is 505 g/mol. The van der Waals surface area contributed by atoms with Crippen LogP contribution in [-0.4, -0.2) is 6.71 Å². The number of aryl methyl sites for hydroxylation is 1. The van der Waals surface area contributed by atoms with Crippen LogP contribution < -0.4 is 15.1 Å². The number of benzene rings is 2. The number of ether oxygens (including phenoxy) is 1. The Bertz CT molecular complexity index is 1660. The molecule has 0 aromatic heterocycles. The van der Waals surface area contributed by atoms with Crippen molar-refractivity contribution in [3.05, 3.63) is 142 Å². The fraction of sp³-hybridized carbons (Fsp3) is 0.222. The smallest absolute Gasteiger partial charge is 0.251 e. The second-order valence-corrected chi connectivity index (χ2v) is 11.7. The first-order valence-corrected chi connectivity index (χ1v) is 14.4. The van der Waals surface area contributed by atoms with Gasteiger partial charge in [-0.1, -0.05) is 84.8 Å². The predicted octanol–water partition coefficient (Wildman–Crippen LogP) is 7.93. The summed E-state index contributed by atoms with van der Waals surface area (Å²) in [4.78, 5) is 2.53. The first-order chi connectivity index (χ1) is 19.2. The van der Waals surface area contributed by atoms with Gasteiger partial charge in [-0.25, -0.2) is 0 Å². The summed E-state index contributed by atoms with van der Waals surface area (Å²) in [6, 6.07) is 16.0. The largest absolute Gasteiger partial charge is 0.459 e. The molecule has 0 saturated carbocycles. The molecule has 0 bridgehead atoms. The molecular weight excluding hydrogens is 473 g/mol. The van der Waals surface area contributed by atoms with Gasteiger partial charge in [0.15, 0.2) is 0 Å². The van der Waals surface area contributed by atoms with Gasteiger partial charge in [0.25, 0.3) is 6.71 Å². The van der Waals surface area contributed by atoms with Crippen molar-refractivity contribution in [1.29, 1.82) is 0 Å². The summed E-state index contributed by atoms with van der Waals surface area (Å²) in [7, 11) is 0. The average molecular weight is 505 g/mol. The van der Waals surface area contributed by atoms with Crippen LogP contribution in [-0.2, 0) is 0 Å². The highest BCUT2D eigenvalue weighted by molar-refractivity contribution is 6.88. The Morgan fingerprint density at radius 2 is 1.87 bits per heavy atom. The summed E-state index contributed by atoms with van der Waals surface area (Å²) in [6.45, 7) is 4.75. The lowest BCUT2D eigenvalue weighted by atomic mass is 9.31. The van der Waals surface area contributed by atoms with E-state index >= 15 is 0 Å². The van der Waals surface area contributed by atoms with Crippen molar-refractivity contribution in [3.8, 4) is 5.75 Å². The quantitative estimate of drug-likeness (QED) is 0.385. The maximum absolute atomic E-state index is 6.81. The molecule has 6 aliphatic rings. The molecule has 2 aromatic carbocycles. The summed E-state index contributed by atoms with van der Waals surface area (Å²) < 4.78 is 6.81. The number of rotatable bonds is 2. The number of allylic oxidation sites excluding steroid dienone is 14. The highest BCUT2D eigenvalue weighted by Gasteiger charge is 2.45. The maximum atomic E-state index is 6.81. The summed E-state index contributed by atoms with van der Waals surface area (Å²) in [5.74, 6) is 3.08. The summed E-state index contributed by atoms with van der Waals surface area (Å²) >= 11 is 0. The lowest BCUT2D eigenvalue weighted by Gasteiger charge is -2.45. The van der Waals surface area contributed by atoms with Gasteiger partial charge in [0.2, 0.25) is 0 Å². The highest BCUT2D eigenvalue weighted by atomic mass is 16.5. The SMILES string of the molecule is Cc1ccc(N2C3=C(CC(C)C=C3)B3C4=C2CCC=C4Oc2cc(C4=C5C=CC=CC5CC=C4)ccc23)cc1. The molecule has 8 rings (SSSR count). The second kappa shape index (κ2) is 8.78. The Balaban J connectivity index is 1.30. The van der Waals surface area contributed by atoms with Gasteiger partial charge in [0.1, 0.15) is 11.5 Å². The lowest BCUT2D eigenvalue weighted by Crippen LogP contribution is -2.49. The van der Waals surface area contributed by atoms with Crippen molar-refractivity contribution in [1.82, 2.24) is 0 Å². The topological polar surface area (TPSA) is 12.5 Å². The van der Waals surface area contributed by atoms with E-state index < -0.39 is 0 Å². The third-order valence-corrected chi connectivity index (χ3v) is 9.15. The van der Waals surface area contributed by atoms with Gasteiger partial charge < -0.3 is 9.64 Å². The molecule has 2 aliphatic heterocycles. The van der Waals surface area contributed by atoms with Crippen LogP contribution in [0.4, 0.5) is 5.69 Å². The Labute approximate surface area is 231 Å². The number of fused-ring (bicyclic) bond motifs is 4. The molecule has 3 heteroatoms. The van der Waals surface area contributed by atoms with Crippen LogP contribution in [0.1, 0.15) is 43.7 Å². The van der Waals surface area contributed by atoms with E-state index in [0.29, 0.717) is 11.8 Å². The van der Waals surface area contributed by atoms with E-state index in [1.807, 2.05) is 0 Å². The van der Waals surface area contributed by atoms with Crippen molar-refractivity contribution >= 4 is 23.4 Å². The van der Waals surface area contributed by atoms with Crippen LogP contribution in [0, 0.1) is 18.8 Å². The molecule has 2 unspecified atom stereocenters. The maximum Gasteiger partial charge on any atom is 0.251 e. The normalized spacial score (nSPS) is 24.3. The molecule has 0 amide bonds. The molecule has 0 N–H and O–H groups in total. The zero-order chi connectivity index (χ0) is 26.1. The van der Waals surface area contributed by atoms with E-state index in [2.05, 4.69) is 116 Å². The van der Waals surface area contributed by atoms with Gasteiger partial charge in [-0.15, -0.1) is 0 Å². The Hall–Kier alpha value is -3.98. The van der Waals surface area contributed by atoms with Crippen molar-refractivity contribution in [2.75, 3.05) is 4.90 Å². The zero-order valence-electron chi connectivity index (χ0n) is 22.7. The molecule has 2 heterocycles. The van der Waals surface area contributed by atoms with Gasteiger partial charge >= 0.3 is 0 Å². The molecule has 190 valence electrons. The van der Waals surface area contributed by atoms with Gasteiger partial charge in [-0.05, 0) is 96.5 Å². The van der Waals surface area contributed by atoms with Crippen molar-refractivity contribution in [2.45, 2.75) is 39.5 Å². The minimum Gasteiger partial charge on any atom is -0.459 e. The Morgan fingerprint density at radius 1 is 0.974 bits per heavy atom. The fourth-order valence-electron chi connectivity index (χ4n) is 7.30.